The Morgan fingerprint density at radius 2 is 1.82 bits per heavy atom. The van der Waals surface area contributed by atoms with Crippen molar-refractivity contribution in [2.75, 3.05) is 0 Å². The Balaban J connectivity index is 1.58. The Morgan fingerprint density at radius 1 is 1.07 bits per heavy atom. The largest absolute Gasteiger partial charge is 0.279 e. The van der Waals surface area contributed by atoms with Crippen LogP contribution in [0.25, 0.3) is 6.08 Å². The van der Waals surface area contributed by atoms with Gasteiger partial charge in [-0.25, -0.2) is 0 Å². The molecule has 0 atom stereocenters. The van der Waals surface area contributed by atoms with E-state index in [2.05, 4.69) is 10.9 Å². The molecule has 0 radical (unpaired) electrons. The number of thiophene rings is 1. The van der Waals surface area contributed by atoms with E-state index in [0.29, 0.717) is 10.4 Å². The number of nitro groups is 1. The minimum atomic E-state index is -0.568. The van der Waals surface area contributed by atoms with E-state index >= 15 is 0 Å². The van der Waals surface area contributed by atoms with Crippen LogP contribution in [0.2, 0.25) is 0 Å². The Bertz CT molecular complexity index is 894. The van der Waals surface area contributed by atoms with E-state index in [4.69, 9.17) is 0 Å². The van der Waals surface area contributed by atoms with Crippen molar-refractivity contribution in [3.63, 3.8) is 0 Å². The molecule has 8 heteroatoms. The van der Waals surface area contributed by atoms with Crippen molar-refractivity contribution < 1.29 is 14.5 Å². The number of carbonyl (C=O) groups is 2. The molecule has 0 spiro atoms. The molecule has 0 aliphatic heterocycles. The predicted octanol–water partition coefficient (Wildman–Crippen LogP) is 3.79. The first kappa shape index (κ1) is 19.8. The second kappa shape index (κ2) is 9.27. The minimum absolute atomic E-state index is 0.0911. The Morgan fingerprint density at radius 3 is 2.61 bits per heavy atom. The number of nitrogens with one attached hydrogen (secondary N) is 2. The number of hydrogen-bond donors (Lipinski definition) is 2. The van der Waals surface area contributed by atoms with Crippen LogP contribution in [0.4, 0.5) is 5.69 Å². The number of hydrogen-bond acceptors (Lipinski definition) is 5. The van der Waals surface area contributed by atoms with Crippen LogP contribution < -0.4 is 10.9 Å². The third-order valence-electron chi connectivity index (χ3n) is 4.57. The molecule has 146 valence electrons. The lowest BCUT2D eigenvalue weighted by atomic mass is 10.00. The van der Waals surface area contributed by atoms with Crippen molar-refractivity contribution in [1.82, 2.24) is 10.9 Å². The lowest BCUT2D eigenvalue weighted by Crippen LogP contribution is -2.40. The molecule has 7 nitrogen and oxygen atoms in total. The summed E-state index contributed by atoms with van der Waals surface area (Å²) in [7, 11) is 0. The first-order chi connectivity index (χ1) is 13.5. The summed E-state index contributed by atoms with van der Waals surface area (Å²) < 4.78 is 0. The number of benzene rings is 1. The van der Waals surface area contributed by atoms with Crippen LogP contribution in [-0.2, 0) is 17.6 Å². The van der Waals surface area contributed by atoms with Crippen molar-refractivity contribution >= 4 is 34.9 Å². The van der Waals surface area contributed by atoms with Crippen LogP contribution in [0.3, 0.4) is 0 Å². The van der Waals surface area contributed by atoms with Gasteiger partial charge in [-0.05, 0) is 49.5 Å². The average molecular weight is 399 g/mol. The first-order valence-electron chi connectivity index (χ1n) is 9.18. The zero-order valence-electron chi connectivity index (χ0n) is 15.3. The Labute approximate surface area is 166 Å². The van der Waals surface area contributed by atoms with Crippen molar-refractivity contribution in [3.05, 3.63) is 67.4 Å². The van der Waals surface area contributed by atoms with Crippen LogP contribution >= 0.6 is 11.3 Å². The highest BCUT2D eigenvalue weighted by Crippen LogP contribution is 2.28. The molecule has 0 unspecified atom stereocenters. The number of para-hydroxylation sites is 1. The second-order valence-electron chi connectivity index (χ2n) is 6.57. The highest BCUT2D eigenvalue weighted by atomic mass is 32.1. The predicted molar refractivity (Wildman–Crippen MR) is 108 cm³/mol. The van der Waals surface area contributed by atoms with Gasteiger partial charge in [0, 0.05) is 17.0 Å². The number of rotatable bonds is 4. The maximum absolute atomic E-state index is 12.3. The molecule has 1 aromatic carbocycles. The van der Waals surface area contributed by atoms with Crippen LogP contribution in [-0.4, -0.2) is 16.7 Å². The third kappa shape index (κ3) is 5.04. The van der Waals surface area contributed by atoms with E-state index in [1.54, 1.807) is 18.2 Å². The molecule has 2 amide bonds. The number of hydrazine groups is 1. The van der Waals surface area contributed by atoms with E-state index in [1.807, 2.05) is 6.07 Å². The van der Waals surface area contributed by atoms with E-state index in [9.17, 15) is 19.7 Å². The van der Waals surface area contributed by atoms with E-state index in [0.717, 1.165) is 31.8 Å². The van der Waals surface area contributed by atoms with Crippen LogP contribution in [0.5, 0.6) is 0 Å². The van der Waals surface area contributed by atoms with Crippen molar-refractivity contribution in [2.45, 2.75) is 38.5 Å². The zero-order chi connectivity index (χ0) is 19.9. The van der Waals surface area contributed by atoms with E-state index in [-0.39, 0.29) is 11.6 Å². The van der Waals surface area contributed by atoms with Crippen molar-refractivity contribution in [3.8, 4) is 0 Å². The summed E-state index contributed by atoms with van der Waals surface area (Å²) in [6, 6.07) is 8.02. The summed E-state index contributed by atoms with van der Waals surface area (Å²) in [5, 5.41) is 11.0. The number of nitro benzene ring substituents is 1. The van der Waals surface area contributed by atoms with Crippen LogP contribution in [0.1, 0.15) is 51.4 Å². The second-order valence-corrected chi connectivity index (χ2v) is 7.70. The monoisotopic (exact) mass is 399 g/mol. The number of nitrogens with zero attached hydrogens (tertiary/aromatic N) is 1. The summed E-state index contributed by atoms with van der Waals surface area (Å²) in [6.07, 6.45) is 9.20. The van der Waals surface area contributed by atoms with Gasteiger partial charge in [-0.3, -0.25) is 30.6 Å². The average Bonchev–Trinajstić information content (AvgIpc) is 3.06. The molecule has 0 saturated carbocycles. The molecular formula is C20H21N3O4S. The van der Waals surface area contributed by atoms with Crippen LogP contribution in [0, 0.1) is 10.1 Å². The zero-order valence-corrected chi connectivity index (χ0v) is 16.1. The van der Waals surface area contributed by atoms with Gasteiger partial charge in [0.15, 0.2) is 0 Å². The fraction of sp³-hybridized carbons (Fsp3) is 0.300. The van der Waals surface area contributed by atoms with Crippen LogP contribution in [0.15, 0.2) is 36.4 Å². The number of carbonyl (C=O) groups excluding carboxylic acids is 2. The molecule has 2 aromatic rings. The van der Waals surface area contributed by atoms with Gasteiger partial charge in [-0.15, -0.1) is 11.3 Å². The van der Waals surface area contributed by atoms with Gasteiger partial charge >= 0.3 is 0 Å². The van der Waals surface area contributed by atoms with Gasteiger partial charge in [-0.2, -0.15) is 0 Å². The molecule has 1 aromatic heterocycles. The summed E-state index contributed by atoms with van der Waals surface area (Å²) in [4.78, 5) is 36.6. The Hall–Kier alpha value is -3.00. The first-order valence-corrected chi connectivity index (χ1v) is 9.99. The SMILES string of the molecule is O=C(/C=C/c1ccccc1[N+](=O)[O-])NNC(=O)c1cc2c(s1)CCCCCC2. The molecule has 1 heterocycles. The normalized spacial score (nSPS) is 14.0. The number of amides is 2. The molecule has 3 rings (SSSR count). The smallest absolute Gasteiger partial charge is 0.268 e. The summed E-state index contributed by atoms with van der Waals surface area (Å²) >= 11 is 1.48. The highest BCUT2D eigenvalue weighted by molar-refractivity contribution is 7.14. The number of aryl methyl sites for hydroxylation is 2. The topological polar surface area (TPSA) is 101 Å². The molecule has 1 aliphatic rings. The van der Waals surface area contributed by atoms with Crippen molar-refractivity contribution in [2.24, 2.45) is 0 Å². The molecule has 0 bridgehead atoms. The minimum Gasteiger partial charge on any atom is -0.268 e. The quantitative estimate of drug-likeness (QED) is 0.464. The van der Waals surface area contributed by atoms with Gasteiger partial charge in [-0.1, -0.05) is 25.0 Å². The van der Waals surface area contributed by atoms with Gasteiger partial charge in [0.05, 0.1) is 15.4 Å². The molecule has 0 saturated heterocycles. The fourth-order valence-electron chi connectivity index (χ4n) is 3.14. The van der Waals surface area contributed by atoms with Gasteiger partial charge in [0.25, 0.3) is 17.5 Å². The number of fused-ring (bicyclic) bond motifs is 1. The summed E-state index contributed by atoms with van der Waals surface area (Å²) in [6.45, 7) is 0. The third-order valence-corrected chi connectivity index (χ3v) is 5.80. The lowest BCUT2D eigenvalue weighted by molar-refractivity contribution is -0.385. The molecule has 2 N–H and O–H groups in total. The molecular weight excluding hydrogens is 378 g/mol. The maximum Gasteiger partial charge on any atom is 0.279 e. The maximum atomic E-state index is 12.3. The van der Waals surface area contributed by atoms with Gasteiger partial charge in [0.2, 0.25) is 0 Å². The standard InChI is InChI=1S/C20H21N3O4S/c24-19(12-11-14-7-5-6-9-16(14)23(26)27)21-22-20(25)18-13-15-8-3-1-2-4-10-17(15)28-18/h5-7,9,11-13H,1-4,8,10H2,(H,21,24)(H,22,25)/b12-11+. The van der Waals surface area contributed by atoms with Crippen molar-refractivity contribution in [1.29, 1.82) is 0 Å². The van der Waals surface area contributed by atoms with Gasteiger partial charge < -0.3 is 0 Å². The molecule has 28 heavy (non-hydrogen) atoms. The molecule has 1 aliphatic carbocycles. The van der Waals surface area contributed by atoms with E-state index < -0.39 is 10.8 Å². The Kier molecular flexibility index (Phi) is 6.54. The molecule has 0 fully saturated rings. The summed E-state index contributed by atoms with van der Waals surface area (Å²) in [5.41, 5.74) is 6.17. The summed E-state index contributed by atoms with van der Waals surface area (Å²) in [5.74, 6) is -0.925. The van der Waals surface area contributed by atoms with E-state index in [1.165, 1.54) is 46.8 Å². The fourth-order valence-corrected chi connectivity index (χ4v) is 4.29. The highest BCUT2D eigenvalue weighted by Gasteiger charge is 2.16. The lowest BCUT2D eigenvalue weighted by Gasteiger charge is -2.07. The van der Waals surface area contributed by atoms with Gasteiger partial charge in [0.1, 0.15) is 0 Å².